The Bertz CT molecular complexity index is 276. The summed E-state index contributed by atoms with van der Waals surface area (Å²) in [5.41, 5.74) is 0. The van der Waals surface area contributed by atoms with E-state index in [0.717, 1.165) is 29.4 Å². The number of nitrogens with one attached hydrogen (secondary N) is 1. The van der Waals surface area contributed by atoms with E-state index in [-0.39, 0.29) is 0 Å². The molecule has 0 aromatic carbocycles. The van der Waals surface area contributed by atoms with E-state index in [1.165, 1.54) is 25.7 Å². The van der Waals surface area contributed by atoms with E-state index in [0.29, 0.717) is 0 Å². The normalized spacial score (nSPS) is 26.5. The maximum absolute atomic E-state index is 5.91. The molecule has 0 saturated heterocycles. The third-order valence-corrected chi connectivity index (χ3v) is 4.25. The second-order valence-corrected chi connectivity index (χ2v) is 5.47. The molecule has 4 heteroatoms. The first-order chi connectivity index (χ1) is 7.38. The summed E-state index contributed by atoms with van der Waals surface area (Å²) < 4.78 is 0. The van der Waals surface area contributed by atoms with Crippen LogP contribution < -0.4 is 5.32 Å². The summed E-state index contributed by atoms with van der Waals surface area (Å²) in [4.78, 5) is 4.22. The first-order valence-corrected chi connectivity index (χ1v) is 6.99. The van der Waals surface area contributed by atoms with Crippen molar-refractivity contribution in [1.82, 2.24) is 4.98 Å². The molecule has 1 aromatic heterocycles. The van der Waals surface area contributed by atoms with Gasteiger partial charge < -0.3 is 5.32 Å². The van der Waals surface area contributed by atoms with Crippen LogP contribution in [0.1, 0.15) is 25.7 Å². The van der Waals surface area contributed by atoms with Gasteiger partial charge in [0.2, 0.25) is 0 Å². The highest BCUT2D eigenvalue weighted by Gasteiger charge is 2.21. The lowest BCUT2D eigenvalue weighted by molar-refractivity contribution is 0.296. The zero-order valence-electron chi connectivity index (χ0n) is 8.79. The molecule has 0 radical (unpaired) electrons. The molecule has 0 aliphatic heterocycles. The summed E-state index contributed by atoms with van der Waals surface area (Å²) in [5.74, 6) is 2.35. The van der Waals surface area contributed by atoms with E-state index < -0.39 is 0 Å². The Kier molecular flexibility index (Phi) is 4.27. The Morgan fingerprint density at radius 3 is 3.07 bits per heavy atom. The number of rotatable bonds is 4. The Balaban J connectivity index is 1.74. The number of thiazole rings is 1. The number of halogens is 1. The number of hydrogen-bond donors (Lipinski definition) is 1. The quantitative estimate of drug-likeness (QED) is 0.819. The summed E-state index contributed by atoms with van der Waals surface area (Å²) >= 11 is 7.58. The molecule has 1 aliphatic carbocycles. The van der Waals surface area contributed by atoms with Gasteiger partial charge in [-0.15, -0.1) is 22.9 Å². The maximum atomic E-state index is 5.91. The lowest BCUT2D eigenvalue weighted by Gasteiger charge is -2.27. The third kappa shape index (κ3) is 3.35. The molecule has 2 unspecified atom stereocenters. The predicted molar refractivity (Wildman–Crippen MR) is 66.8 cm³/mol. The first kappa shape index (κ1) is 11.2. The predicted octanol–water partition coefficient (Wildman–Crippen LogP) is 3.60. The summed E-state index contributed by atoms with van der Waals surface area (Å²) in [5, 5.41) is 6.45. The zero-order chi connectivity index (χ0) is 10.5. The number of nitrogens with zero attached hydrogens (tertiary/aromatic N) is 1. The van der Waals surface area contributed by atoms with E-state index in [9.17, 15) is 0 Å². The fourth-order valence-electron chi connectivity index (χ4n) is 2.27. The van der Waals surface area contributed by atoms with Crippen molar-refractivity contribution < 1.29 is 0 Å². The monoisotopic (exact) mass is 244 g/mol. The lowest BCUT2D eigenvalue weighted by atomic mass is 9.82. The van der Waals surface area contributed by atoms with E-state index in [1.807, 2.05) is 11.6 Å². The van der Waals surface area contributed by atoms with E-state index >= 15 is 0 Å². The van der Waals surface area contributed by atoms with Crippen LogP contribution in [0.3, 0.4) is 0 Å². The largest absolute Gasteiger partial charge is 0.361 e. The Hall–Kier alpha value is -0.280. The molecule has 0 spiro atoms. The Morgan fingerprint density at radius 2 is 2.33 bits per heavy atom. The van der Waals surface area contributed by atoms with Crippen LogP contribution in [-0.4, -0.2) is 17.4 Å². The standard InChI is InChI=1S/C11H17ClN2S/c12-7-9-2-1-3-10(6-9)8-14-11-13-4-5-15-11/h4-5,9-10H,1-3,6-8H2,(H,13,14). The number of aromatic nitrogens is 1. The second kappa shape index (κ2) is 5.71. The van der Waals surface area contributed by atoms with Gasteiger partial charge in [0.25, 0.3) is 0 Å². The van der Waals surface area contributed by atoms with E-state index in [1.54, 1.807) is 11.3 Å². The number of hydrogen-bond acceptors (Lipinski definition) is 3. The molecule has 1 aromatic rings. The second-order valence-electron chi connectivity index (χ2n) is 4.27. The van der Waals surface area contributed by atoms with Crippen LogP contribution in [0.2, 0.25) is 0 Å². The fourth-order valence-corrected chi connectivity index (χ4v) is 3.09. The molecule has 2 rings (SSSR count). The van der Waals surface area contributed by atoms with Gasteiger partial charge in [-0.25, -0.2) is 4.98 Å². The highest BCUT2D eigenvalue weighted by molar-refractivity contribution is 7.13. The van der Waals surface area contributed by atoms with Gasteiger partial charge in [0.15, 0.2) is 5.13 Å². The molecular weight excluding hydrogens is 228 g/mol. The van der Waals surface area contributed by atoms with Gasteiger partial charge in [0.05, 0.1) is 0 Å². The van der Waals surface area contributed by atoms with Crippen molar-refractivity contribution in [2.45, 2.75) is 25.7 Å². The van der Waals surface area contributed by atoms with E-state index in [4.69, 9.17) is 11.6 Å². The summed E-state index contributed by atoms with van der Waals surface area (Å²) in [7, 11) is 0. The average Bonchev–Trinajstić information content (AvgIpc) is 2.79. The molecule has 0 amide bonds. The van der Waals surface area contributed by atoms with Gasteiger partial charge in [-0.3, -0.25) is 0 Å². The van der Waals surface area contributed by atoms with Crippen molar-refractivity contribution in [2.75, 3.05) is 17.7 Å². The maximum Gasteiger partial charge on any atom is 0.182 e. The fraction of sp³-hybridized carbons (Fsp3) is 0.727. The molecule has 1 fully saturated rings. The van der Waals surface area contributed by atoms with Crippen molar-refractivity contribution >= 4 is 28.1 Å². The Labute approximate surface area is 100 Å². The minimum Gasteiger partial charge on any atom is -0.361 e. The minimum atomic E-state index is 0.739. The molecule has 2 atom stereocenters. The Morgan fingerprint density at radius 1 is 1.47 bits per heavy atom. The molecule has 2 nitrogen and oxygen atoms in total. The van der Waals surface area contributed by atoms with Crippen LogP contribution in [0.5, 0.6) is 0 Å². The molecule has 1 N–H and O–H groups in total. The van der Waals surface area contributed by atoms with Gasteiger partial charge in [0.1, 0.15) is 0 Å². The zero-order valence-corrected chi connectivity index (χ0v) is 10.4. The van der Waals surface area contributed by atoms with Crippen molar-refractivity contribution in [2.24, 2.45) is 11.8 Å². The molecule has 84 valence electrons. The van der Waals surface area contributed by atoms with Crippen LogP contribution in [0.25, 0.3) is 0 Å². The number of alkyl halides is 1. The van der Waals surface area contributed by atoms with E-state index in [2.05, 4.69) is 10.3 Å². The molecule has 0 bridgehead atoms. The van der Waals surface area contributed by atoms with Gasteiger partial charge in [-0.2, -0.15) is 0 Å². The van der Waals surface area contributed by atoms with Crippen molar-refractivity contribution in [1.29, 1.82) is 0 Å². The van der Waals surface area contributed by atoms with Gasteiger partial charge in [-0.1, -0.05) is 6.42 Å². The number of anilines is 1. The summed E-state index contributed by atoms with van der Waals surface area (Å²) in [6, 6.07) is 0. The van der Waals surface area contributed by atoms with Gasteiger partial charge in [0, 0.05) is 24.0 Å². The molecular formula is C11H17ClN2S. The van der Waals surface area contributed by atoms with Crippen LogP contribution in [0.15, 0.2) is 11.6 Å². The SMILES string of the molecule is ClCC1CCCC(CNc2nccs2)C1. The summed E-state index contributed by atoms with van der Waals surface area (Å²) in [6.07, 6.45) is 7.11. The van der Waals surface area contributed by atoms with Crippen LogP contribution in [0.4, 0.5) is 5.13 Å². The van der Waals surface area contributed by atoms with Crippen LogP contribution in [0, 0.1) is 11.8 Å². The topological polar surface area (TPSA) is 24.9 Å². The van der Waals surface area contributed by atoms with Crippen molar-refractivity contribution in [3.63, 3.8) is 0 Å². The smallest absolute Gasteiger partial charge is 0.182 e. The van der Waals surface area contributed by atoms with Gasteiger partial charge in [-0.05, 0) is 31.1 Å². The van der Waals surface area contributed by atoms with Crippen LogP contribution >= 0.6 is 22.9 Å². The molecule has 1 heterocycles. The molecule has 15 heavy (non-hydrogen) atoms. The minimum absolute atomic E-state index is 0.739. The third-order valence-electron chi connectivity index (χ3n) is 3.08. The highest BCUT2D eigenvalue weighted by atomic mass is 35.5. The van der Waals surface area contributed by atoms with Crippen molar-refractivity contribution in [3.8, 4) is 0 Å². The summed E-state index contributed by atoms with van der Waals surface area (Å²) in [6.45, 7) is 1.06. The molecule has 1 aliphatic rings. The highest BCUT2D eigenvalue weighted by Crippen LogP contribution is 2.30. The van der Waals surface area contributed by atoms with Crippen LogP contribution in [-0.2, 0) is 0 Å². The van der Waals surface area contributed by atoms with Crippen molar-refractivity contribution in [3.05, 3.63) is 11.6 Å². The first-order valence-electron chi connectivity index (χ1n) is 5.58. The molecule has 1 saturated carbocycles. The average molecular weight is 245 g/mol. The van der Waals surface area contributed by atoms with Gasteiger partial charge >= 0.3 is 0 Å². The lowest BCUT2D eigenvalue weighted by Crippen LogP contribution is -2.22.